The van der Waals surface area contributed by atoms with Crippen LogP contribution in [0.3, 0.4) is 0 Å². The molecular weight excluding hydrogens is 427 g/mol. The third-order valence-corrected chi connectivity index (χ3v) is 5.62. The third kappa shape index (κ3) is 4.24. The Hall–Kier alpha value is -3.10. The van der Waals surface area contributed by atoms with Crippen molar-refractivity contribution in [2.75, 3.05) is 30.7 Å². The van der Waals surface area contributed by atoms with Crippen LogP contribution in [0.25, 0.3) is 10.9 Å². The van der Waals surface area contributed by atoms with Gasteiger partial charge in [0.1, 0.15) is 18.7 Å². The zero-order valence-electron chi connectivity index (χ0n) is 15.8. The van der Waals surface area contributed by atoms with Gasteiger partial charge in [-0.25, -0.2) is 14.8 Å². The molecule has 30 heavy (non-hydrogen) atoms. The van der Waals surface area contributed by atoms with Crippen LogP contribution < -0.4 is 11.1 Å². The molecule has 0 aliphatic carbocycles. The number of amides is 3. The summed E-state index contributed by atoms with van der Waals surface area (Å²) in [5.74, 6) is 0.289. The Kier molecular flexibility index (Phi) is 5.61. The minimum atomic E-state index is -0.362. The van der Waals surface area contributed by atoms with Crippen LogP contribution in [0.2, 0.25) is 10.0 Å². The predicted molar refractivity (Wildman–Crippen MR) is 116 cm³/mol. The zero-order chi connectivity index (χ0) is 21.3. The molecule has 0 unspecified atom stereocenters. The molecule has 8 nitrogen and oxygen atoms in total. The van der Waals surface area contributed by atoms with Gasteiger partial charge in [0.05, 0.1) is 15.6 Å². The van der Waals surface area contributed by atoms with E-state index in [0.717, 1.165) is 16.5 Å². The van der Waals surface area contributed by atoms with Crippen molar-refractivity contribution in [2.45, 2.75) is 6.54 Å². The van der Waals surface area contributed by atoms with Crippen molar-refractivity contribution < 1.29 is 9.59 Å². The number of halogens is 2. The molecule has 1 aliphatic heterocycles. The van der Waals surface area contributed by atoms with Crippen molar-refractivity contribution in [3.63, 3.8) is 0 Å². The Labute approximate surface area is 182 Å². The fraction of sp³-hybridized carbons (Fsp3) is 0.200. The smallest absolute Gasteiger partial charge is 0.322 e. The molecule has 1 fully saturated rings. The number of nitrogens with two attached hydrogens (primary N) is 1. The van der Waals surface area contributed by atoms with Gasteiger partial charge in [0.15, 0.2) is 0 Å². The van der Waals surface area contributed by atoms with Crippen LogP contribution in [0.4, 0.5) is 16.3 Å². The van der Waals surface area contributed by atoms with Gasteiger partial charge in [0.2, 0.25) is 5.91 Å². The molecule has 10 heteroatoms. The van der Waals surface area contributed by atoms with E-state index in [4.69, 9.17) is 28.9 Å². The van der Waals surface area contributed by atoms with Gasteiger partial charge in [-0.3, -0.25) is 4.79 Å². The normalized spacial score (nSPS) is 14.3. The average molecular weight is 445 g/mol. The number of nitrogens with one attached hydrogen (secondary N) is 1. The number of rotatable bonds is 3. The highest BCUT2D eigenvalue weighted by Gasteiger charge is 2.27. The van der Waals surface area contributed by atoms with Gasteiger partial charge in [-0.2, -0.15) is 0 Å². The number of carbonyl (C=O) groups excluding carboxylic acids is 2. The Morgan fingerprint density at radius 2 is 1.93 bits per heavy atom. The lowest BCUT2D eigenvalue weighted by molar-refractivity contribution is -0.135. The van der Waals surface area contributed by atoms with E-state index in [0.29, 0.717) is 41.2 Å². The highest BCUT2D eigenvalue weighted by Crippen LogP contribution is 2.25. The first-order valence-corrected chi connectivity index (χ1v) is 9.94. The minimum absolute atomic E-state index is 0.00411. The number of nitrogens with zero attached hydrogens (tertiary/aromatic N) is 4. The van der Waals surface area contributed by atoms with Gasteiger partial charge in [0.25, 0.3) is 0 Å². The van der Waals surface area contributed by atoms with Crippen molar-refractivity contribution in [3.05, 3.63) is 58.3 Å². The maximum absolute atomic E-state index is 12.6. The highest BCUT2D eigenvalue weighted by atomic mass is 35.5. The first-order valence-electron chi connectivity index (χ1n) is 9.18. The second-order valence-corrected chi connectivity index (χ2v) is 7.72. The summed E-state index contributed by atoms with van der Waals surface area (Å²) in [6.07, 6.45) is 1.41. The van der Waals surface area contributed by atoms with Gasteiger partial charge in [-0.1, -0.05) is 29.3 Å². The number of hydrogen-bond acceptors (Lipinski definition) is 5. The number of hydrogen-bond donors (Lipinski definition) is 2. The van der Waals surface area contributed by atoms with Crippen LogP contribution in [0.5, 0.6) is 0 Å². The maximum Gasteiger partial charge on any atom is 0.322 e. The summed E-state index contributed by atoms with van der Waals surface area (Å²) < 4.78 is 0. The molecule has 0 saturated carbocycles. The lowest BCUT2D eigenvalue weighted by Crippen LogP contribution is -2.52. The summed E-state index contributed by atoms with van der Waals surface area (Å²) in [7, 11) is 0. The van der Waals surface area contributed by atoms with Crippen LogP contribution in [0.15, 0.2) is 42.7 Å². The zero-order valence-corrected chi connectivity index (χ0v) is 17.3. The SMILES string of the molecule is Nc1ncnc2cc(CN3CCN(C(=O)Nc4ccc(Cl)c(Cl)c4)CC3=O)ccc12. The molecule has 3 amide bonds. The number of fused-ring (bicyclic) bond motifs is 1. The minimum Gasteiger partial charge on any atom is -0.383 e. The molecule has 154 valence electrons. The van der Waals surface area contributed by atoms with Crippen LogP contribution in [-0.2, 0) is 11.3 Å². The molecule has 0 atom stereocenters. The number of carbonyl (C=O) groups is 2. The maximum atomic E-state index is 12.6. The molecule has 1 aromatic heterocycles. The van der Waals surface area contributed by atoms with E-state index in [9.17, 15) is 9.59 Å². The van der Waals surface area contributed by atoms with Crippen molar-refractivity contribution in [3.8, 4) is 0 Å². The Balaban J connectivity index is 1.38. The molecule has 3 aromatic rings. The number of benzene rings is 2. The molecule has 0 bridgehead atoms. The molecule has 1 saturated heterocycles. The van der Waals surface area contributed by atoms with Gasteiger partial charge in [0, 0.05) is 30.7 Å². The number of nitrogen functional groups attached to an aromatic ring is 1. The largest absolute Gasteiger partial charge is 0.383 e. The summed E-state index contributed by atoms with van der Waals surface area (Å²) >= 11 is 11.9. The van der Waals surface area contributed by atoms with Crippen molar-refractivity contribution in [1.82, 2.24) is 19.8 Å². The molecule has 2 aromatic carbocycles. The number of urea groups is 1. The van der Waals surface area contributed by atoms with Gasteiger partial charge in [-0.05, 0) is 35.9 Å². The fourth-order valence-electron chi connectivity index (χ4n) is 3.27. The molecule has 0 spiro atoms. The second kappa shape index (κ2) is 8.33. The molecule has 1 aliphatic rings. The van der Waals surface area contributed by atoms with E-state index in [1.807, 2.05) is 18.2 Å². The third-order valence-electron chi connectivity index (χ3n) is 4.88. The fourth-order valence-corrected chi connectivity index (χ4v) is 3.57. The van der Waals surface area contributed by atoms with Gasteiger partial charge < -0.3 is 20.9 Å². The lowest BCUT2D eigenvalue weighted by Gasteiger charge is -2.34. The van der Waals surface area contributed by atoms with Crippen LogP contribution in [-0.4, -0.2) is 51.3 Å². The summed E-state index contributed by atoms with van der Waals surface area (Å²) in [6, 6.07) is 10.1. The first kappa shape index (κ1) is 20.2. The molecular formula is C20H18Cl2N6O2. The highest BCUT2D eigenvalue weighted by molar-refractivity contribution is 6.42. The van der Waals surface area contributed by atoms with Gasteiger partial charge in [-0.15, -0.1) is 0 Å². The van der Waals surface area contributed by atoms with Crippen molar-refractivity contribution in [2.24, 2.45) is 0 Å². The summed E-state index contributed by atoms with van der Waals surface area (Å²) in [6.45, 7) is 1.27. The van der Waals surface area contributed by atoms with Crippen molar-refractivity contribution >= 4 is 57.5 Å². The summed E-state index contributed by atoms with van der Waals surface area (Å²) in [4.78, 5) is 36.5. The predicted octanol–water partition coefficient (Wildman–Crippen LogP) is 3.40. The second-order valence-electron chi connectivity index (χ2n) is 6.91. The van der Waals surface area contributed by atoms with E-state index in [1.165, 1.54) is 11.2 Å². The Morgan fingerprint density at radius 3 is 2.70 bits per heavy atom. The summed E-state index contributed by atoms with van der Waals surface area (Å²) in [5, 5.41) is 4.26. The van der Waals surface area contributed by atoms with Gasteiger partial charge >= 0.3 is 6.03 Å². The van der Waals surface area contributed by atoms with Crippen LogP contribution >= 0.6 is 23.2 Å². The van der Waals surface area contributed by atoms with E-state index < -0.39 is 0 Å². The van der Waals surface area contributed by atoms with E-state index in [-0.39, 0.29) is 18.5 Å². The number of anilines is 2. The molecule has 2 heterocycles. The summed E-state index contributed by atoms with van der Waals surface area (Å²) in [5.41, 5.74) is 8.03. The standard InChI is InChI=1S/C20H18Cl2N6O2/c21-15-4-2-13(8-16(15)22)26-20(30)28-6-5-27(18(29)10-28)9-12-1-3-14-17(7-12)24-11-25-19(14)23/h1-4,7-8,11H,5-6,9-10H2,(H,26,30)(H2,23,24,25). The van der Waals surface area contributed by atoms with Crippen LogP contribution in [0, 0.1) is 0 Å². The molecule has 3 N–H and O–H groups in total. The van der Waals surface area contributed by atoms with E-state index in [2.05, 4.69) is 15.3 Å². The Bertz CT molecular complexity index is 1140. The van der Waals surface area contributed by atoms with Crippen LogP contribution in [0.1, 0.15) is 5.56 Å². The number of aromatic nitrogens is 2. The quantitative estimate of drug-likeness (QED) is 0.643. The average Bonchev–Trinajstić information content (AvgIpc) is 2.72. The first-order chi connectivity index (χ1) is 14.4. The molecule has 4 rings (SSSR count). The topological polar surface area (TPSA) is 104 Å². The van der Waals surface area contributed by atoms with E-state index in [1.54, 1.807) is 23.1 Å². The van der Waals surface area contributed by atoms with Crippen molar-refractivity contribution in [1.29, 1.82) is 0 Å². The monoisotopic (exact) mass is 444 g/mol. The van der Waals surface area contributed by atoms with E-state index >= 15 is 0 Å². The Morgan fingerprint density at radius 1 is 1.10 bits per heavy atom. The molecule has 0 radical (unpaired) electrons. The number of piperazine rings is 1. The lowest BCUT2D eigenvalue weighted by atomic mass is 10.1.